The van der Waals surface area contributed by atoms with Gasteiger partial charge in [-0.1, -0.05) is 18.2 Å². The molecule has 0 aliphatic carbocycles. The SMILES string of the molecule is O=C(Nc1ccc(NCCc2ccccc2F)cc1)c1ccc2c(c1)OCO2. The Morgan fingerprint density at radius 3 is 2.50 bits per heavy atom. The number of benzene rings is 3. The second-order valence-electron chi connectivity index (χ2n) is 6.37. The van der Waals surface area contributed by atoms with Crippen LogP contribution in [0.3, 0.4) is 0 Å². The Hall–Kier alpha value is -3.54. The molecule has 5 nitrogen and oxygen atoms in total. The number of rotatable bonds is 6. The monoisotopic (exact) mass is 378 g/mol. The maximum absolute atomic E-state index is 13.6. The Morgan fingerprint density at radius 2 is 1.68 bits per heavy atom. The van der Waals surface area contributed by atoms with Crippen molar-refractivity contribution in [2.75, 3.05) is 24.0 Å². The molecule has 0 fully saturated rings. The van der Waals surface area contributed by atoms with Gasteiger partial charge < -0.3 is 20.1 Å². The van der Waals surface area contributed by atoms with Gasteiger partial charge >= 0.3 is 0 Å². The van der Waals surface area contributed by atoms with Crippen LogP contribution in [0.25, 0.3) is 0 Å². The highest BCUT2D eigenvalue weighted by Crippen LogP contribution is 2.32. The molecule has 0 bridgehead atoms. The largest absolute Gasteiger partial charge is 0.454 e. The molecule has 0 spiro atoms. The maximum Gasteiger partial charge on any atom is 0.255 e. The number of carbonyl (C=O) groups is 1. The molecule has 142 valence electrons. The number of carbonyl (C=O) groups excluding carboxylic acids is 1. The topological polar surface area (TPSA) is 59.6 Å². The third kappa shape index (κ3) is 4.06. The number of nitrogens with one attached hydrogen (secondary N) is 2. The number of halogens is 1. The zero-order valence-corrected chi connectivity index (χ0v) is 15.1. The summed E-state index contributed by atoms with van der Waals surface area (Å²) < 4.78 is 24.2. The van der Waals surface area contributed by atoms with Gasteiger partial charge in [0.25, 0.3) is 5.91 Å². The normalized spacial score (nSPS) is 11.9. The van der Waals surface area contributed by atoms with Gasteiger partial charge in [0.2, 0.25) is 6.79 Å². The van der Waals surface area contributed by atoms with E-state index in [-0.39, 0.29) is 18.5 Å². The number of hydrogen-bond acceptors (Lipinski definition) is 4. The van der Waals surface area contributed by atoms with Crippen LogP contribution in [0.2, 0.25) is 0 Å². The number of anilines is 2. The number of amides is 1. The van der Waals surface area contributed by atoms with Gasteiger partial charge in [0.15, 0.2) is 11.5 Å². The highest BCUT2D eigenvalue weighted by atomic mass is 19.1. The maximum atomic E-state index is 13.6. The van der Waals surface area contributed by atoms with Gasteiger partial charge in [-0.25, -0.2) is 4.39 Å². The molecular weight excluding hydrogens is 359 g/mol. The van der Waals surface area contributed by atoms with Crippen LogP contribution in [0.15, 0.2) is 66.7 Å². The smallest absolute Gasteiger partial charge is 0.255 e. The molecule has 4 rings (SSSR count). The average Bonchev–Trinajstić information content (AvgIpc) is 3.18. The summed E-state index contributed by atoms with van der Waals surface area (Å²) in [6.07, 6.45) is 0.593. The fourth-order valence-corrected chi connectivity index (χ4v) is 2.96. The van der Waals surface area contributed by atoms with Crippen LogP contribution in [0, 0.1) is 5.82 Å². The minimum Gasteiger partial charge on any atom is -0.454 e. The molecule has 0 saturated heterocycles. The first kappa shape index (κ1) is 17.9. The highest BCUT2D eigenvalue weighted by molar-refractivity contribution is 6.04. The zero-order chi connectivity index (χ0) is 19.3. The molecule has 2 N–H and O–H groups in total. The van der Waals surface area contributed by atoms with Crippen molar-refractivity contribution in [1.29, 1.82) is 0 Å². The van der Waals surface area contributed by atoms with Gasteiger partial charge in [-0.3, -0.25) is 4.79 Å². The lowest BCUT2D eigenvalue weighted by Crippen LogP contribution is -2.12. The first-order chi connectivity index (χ1) is 13.7. The highest BCUT2D eigenvalue weighted by Gasteiger charge is 2.16. The summed E-state index contributed by atoms with van der Waals surface area (Å²) in [6, 6.07) is 19.2. The Labute approximate surface area is 162 Å². The molecule has 1 aliphatic rings. The van der Waals surface area contributed by atoms with E-state index in [1.165, 1.54) is 6.07 Å². The van der Waals surface area contributed by atoms with Gasteiger partial charge in [-0.15, -0.1) is 0 Å². The first-order valence-corrected chi connectivity index (χ1v) is 8.97. The summed E-state index contributed by atoms with van der Waals surface area (Å²) >= 11 is 0. The number of fused-ring (bicyclic) bond motifs is 1. The van der Waals surface area contributed by atoms with Gasteiger partial charge in [0.1, 0.15) is 5.82 Å². The Balaban J connectivity index is 1.32. The van der Waals surface area contributed by atoms with E-state index in [1.807, 2.05) is 30.3 Å². The second kappa shape index (κ2) is 8.00. The van der Waals surface area contributed by atoms with Crippen molar-refractivity contribution >= 4 is 17.3 Å². The first-order valence-electron chi connectivity index (χ1n) is 8.97. The molecule has 1 heterocycles. The predicted molar refractivity (Wildman–Crippen MR) is 106 cm³/mol. The van der Waals surface area contributed by atoms with Gasteiger partial charge in [-0.2, -0.15) is 0 Å². The van der Waals surface area contributed by atoms with E-state index < -0.39 is 0 Å². The lowest BCUT2D eigenvalue weighted by Gasteiger charge is -2.09. The predicted octanol–water partition coefficient (Wildman–Crippen LogP) is 4.46. The molecule has 3 aromatic carbocycles. The Kier molecular flexibility index (Phi) is 5.10. The fraction of sp³-hybridized carbons (Fsp3) is 0.136. The van der Waals surface area contributed by atoms with Crippen molar-refractivity contribution in [2.45, 2.75) is 6.42 Å². The molecule has 0 saturated carbocycles. The van der Waals surface area contributed by atoms with Crippen LogP contribution in [0.1, 0.15) is 15.9 Å². The summed E-state index contributed by atoms with van der Waals surface area (Å²) in [6.45, 7) is 0.787. The summed E-state index contributed by atoms with van der Waals surface area (Å²) in [5.74, 6) is 0.800. The molecule has 3 aromatic rings. The van der Waals surface area contributed by atoms with E-state index in [4.69, 9.17) is 9.47 Å². The quantitative estimate of drug-likeness (QED) is 0.665. The molecular formula is C22H19FN2O3. The average molecular weight is 378 g/mol. The van der Waals surface area contributed by atoms with Crippen molar-refractivity contribution < 1.29 is 18.7 Å². The van der Waals surface area contributed by atoms with Gasteiger partial charge in [0, 0.05) is 23.5 Å². The van der Waals surface area contributed by atoms with Crippen molar-refractivity contribution in [3.63, 3.8) is 0 Å². The van der Waals surface area contributed by atoms with Crippen molar-refractivity contribution in [3.05, 3.63) is 83.7 Å². The molecule has 1 amide bonds. The van der Waals surface area contributed by atoms with E-state index in [2.05, 4.69) is 10.6 Å². The third-order valence-corrected chi connectivity index (χ3v) is 4.46. The summed E-state index contributed by atoms with van der Waals surface area (Å²) in [5.41, 5.74) is 2.76. The van der Waals surface area contributed by atoms with Crippen molar-refractivity contribution in [1.82, 2.24) is 0 Å². The van der Waals surface area contributed by atoms with Crippen molar-refractivity contribution in [2.24, 2.45) is 0 Å². The van der Waals surface area contributed by atoms with E-state index >= 15 is 0 Å². The van der Waals surface area contributed by atoms with E-state index in [0.29, 0.717) is 41.3 Å². The second-order valence-corrected chi connectivity index (χ2v) is 6.37. The van der Waals surface area contributed by atoms with Gasteiger partial charge in [-0.05, 0) is 60.5 Å². The van der Waals surface area contributed by atoms with E-state index in [1.54, 1.807) is 30.3 Å². The fourth-order valence-electron chi connectivity index (χ4n) is 2.96. The minimum absolute atomic E-state index is 0.172. The van der Waals surface area contributed by atoms with Gasteiger partial charge in [0.05, 0.1) is 0 Å². The Bertz CT molecular complexity index is 989. The minimum atomic E-state index is -0.224. The summed E-state index contributed by atoms with van der Waals surface area (Å²) in [7, 11) is 0. The van der Waals surface area contributed by atoms with Crippen molar-refractivity contribution in [3.8, 4) is 11.5 Å². The molecule has 0 aromatic heterocycles. The molecule has 0 unspecified atom stereocenters. The summed E-state index contributed by atoms with van der Waals surface area (Å²) in [5, 5.41) is 6.10. The van der Waals surface area contributed by atoms with E-state index in [0.717, 1.165) is 5.69 Å². The Morgan fingerprint density at radius 1 is 0.929 bits per heavy atom. The van der Waals surface area contributed by atoms with Crippen LogP contribution in [0.5, 0.6) is 11.5 Å². The molecule has 0 radical (unpaired) electrons. The number of hydrogen-bond donors (Lipinski definition) is 2. The standard InChI is InChI=1S/C22H19FN2O3/c23-19-4-2-1-3-15(19)11-12-24-17-6-8-18(9-7-17)25-22(26)16-5-10-20-21(13-16)28-14-27-20/h1-10,13,24H,11-12,14H2,(H,25,26). The number of ether oxygens (including phenoxy) is 2. The van der Waals surface area contributed by atoms with Crippen LogP contribution in [-0.4, -0.2) is 19.2 Å². The van der Waals surface area contributed by atoms with E-state index in [9.17, 15) is 9.18 Å². The molecule has 28 heavy (non-hydrogen) atoms. The lowest BCUT2D eigenvalue weighted by atomic mass is 10.1. The molecule has 1 aliphatic heterocycles. The summed E-state index contributed by atoms with van der Waals surface area (Å²) in [4.78, 5) is 12.4. The van der Waals surface area contributed by atoms with Crippen LogP contribution in [0.4, 0.5) is 15.8 Å². The van der Waals surface area contributed by atoms with Crippen LogP contribution < -0.4 is 20.1 Å². The molecule has 0 atom stereocenters. The zero-order valence-electron chi connectivity index (χ0n) is 15.1. The van der Waals surface area contributed by atoms with Crippen LogP contribution >= 0.6 is 0 Å². The molecule has 6 heteroatoms. The third-order valence-electron chi connectivity index (χ3n) is 4.46. The van der Waals surface area contributed by atoms with Crippen LogP contribution in [-0.2, 0) is 6.42 Å². The lowest BCUT2D eigenvalue weighted by molar-refractivity contribution is 0.102.